The number of hydrogen-bond donors (Lipinski definition) is 1. The number of rotatable bonds is 4. The van der Waals surface area contributed by atoms with Crippen molar-refractivity contribution < 1.29 is 0 Å². The molecule has 0 unspecified atom stereocenters. The summed E-state index contributed by atoms with van der Waals surface area (Å²) in [5.41, 5.74) is 5.81. The molecule has 3 heterocycles. The highest BCUT2D eigenvalue weighted by atomic mass is 32.2. The molecule has 2 aromatic rings. The maximum atomic E-state index is 5.81. The van der Waals surface area contributed by atoms with Gasteiger partial charge in [0, 0.05) is 13.1 Å². The van der Waals surface area contributed by atoms with Crippen molar-refractivity contribution in [1.29, 1.82) is 0 Å². The maximum absolute atomic E-state index is 5.81. The smallest absolute Gasteiger partial charge is 0.231 e. The van der Waals surface area contributed by atoms with Crippen LogP contribution in [0.5, 0.6) is 0 Å². The molecule has 1 aliphatic heterocycles. The van der Waals surface area contributed by atoms with Crippen molar-refractivity contribution in [2.24, 2.45) is 0 Å². The molecule has 4 rings (SSSR count). The molecule has 2 aromatic heterocycles. The van der Waals surface area contributed by atoms with E-state index in [1.165, 1.54) is 11.8 Å². The molecule has 1 saturated heterocycles. The molecular formula is C11H15N9S. The monoisotopic (exact) mass is 305 g/mol. The third-order valence-corrected chi connectivity index (χ3v) is 4.36. The molecule has 0 aromatic carbocycles. The molecule has 0 atom stereocenters. The minimum atomic E-state index is 0.236. The fourth-order valence-electron chi connectivity index (χ4n) is 2.35. The van der Waals surface area contributed by atoms with E-state index in [4.69, 9.17) is 5.73 Å². The van der Waals surface area contributed by atoms with Gasteiger partial charge < -0.3 is 10.6 Å². The minimum Gasteiger partial charge on any atom is -0.368 e. The van der Waals surface area contributed by atoms with Gasteiger partial charge in [-0.05, 0) is 47.9 Å². The number of nitrogens with zero attached hydrogens (tertiary/aromatic N) is 8. The van der Waals surface area contributed by atoms with Crippen molar-refractivity contribution >= 4 is 23.7 Å². The topological polar surface area (TPSA) is 112 Å². The third-order valence-electron chi connectivity index (χ3n) is 3.55. The van der Waals surface area contributed by atoms with Crippen LogP contribution in [0.4, 0.5) is 11.9 Å². The van der Waals surface area contributed by atoms with Crippen LogP contribution < -0.4 is 10.6 Å². The van der Waals surface area contributed by atoms with E-state index in [-0.39, 0.29) is 5.95 Å². The fraction of sp³-hybridized carbons (Fsp3) is 0.636. The molecule has 1 aliphatic carbocycles. The third kappa shape index (κ3) is 2.62. The van der Waals surface area contributed by atoms with Crippen LogP contribution in [0.3, 0.4) is 0 Å². The molecule has 2 fully saturated rings. The van der Waals surface area contributed by atoms with Gasteiger partial charge in [-0.15, -0.1) is 5.10 Å². The van der Waals surface area contributed by atoms with Gasteiger partial charge in [0.15, 0.2) is 0 Å². The summed E-state index contributed by atoms with van der Waals surface area (Å²) >= 11 is 1.33. The summed E-state index contributed by atoms with van der Waals surface area (Å²) in [6.45, 7) is 1.93. The van der Waals surface area contributed by atoms with E-state index in [0.717, 1.165) is 38.8 Å². The zero-order chi connectivity index (χ0) is 14.2. The summed E-state index contributed by atoms with van der Waals surface area (Å²) in [5.74, 6) is 0.882. The second-order valence-corrected chi connectivity index (χ2v) is 6.14. The summed E-state index contributed by atoms with van der Waals surface area (Å²) in [6, 6.07) is 0.416. The molecule has 21 heavy (non-hydrogen) atoms. The van der Waals surface area contributed by atoms with Crippen molar-refractivity contribution in [2.45, 2.75) is 42.0 Å². The van der Waals surface area contributed by atoms with Crippen LogP contribution in [0, 0.1) is 0 Å². The lowest BCUT2D eigenvalue weighted by Gasteiger charge is -2.15. The molecule has 2 aliphatic rings. The molecule has 2 N–H and O–H groups in total. The van der Waals surface area contributed by atoms with Crippen molar-refractivity contribution in [3.8, 4) is 0 Å². The van der Waals surface area contributed by atoms with Gasteiger partial charge in [-0.1, -0.05) is 0 Å². The summed E-state index contributed by atoms with van der Waals surface area (Å²) in [5, 5.41) is 13.0. The van der Waals surface area contributed by atoms with Crippen LogP contribution in [-0.4, -0.2) is 48.2 Å². The molecule has 0 spiro atoms. The van der Waals surface area contributed by atoms with Gasteiger partial charge in [-0.25, -0.2) is 4.68 Å². The van der Waals surface area contributed by atoms with Crippen LogP contribution in [0.15, 0.2) is 10.3 Å². The average Bonchev–Trinajstić information content (AvgIpc) is 2.99. The van der Waals surface area contributed by atoms with Crippen molar-refractivity contribution in [3.05, 3.63) is 0 Å². The predicted molar refractivity (Wildman–Crippen MR) is 75.9 cm³/mol. The Balaban J connectivity index is 1.60. The molecular weight excluding hydrogens is 290 g/mol. The number of nitrogen functional groups attached to an aromatic ring is 1. The zero-order valence-corrected chi connectivity index (χ0v) is 12.2. The molecule has 0 amide bonds. The normalized spacial score (nSPS) is 18.4. The van der Waals surface area contributed by atoms with Crippen LogP contribution in [0.2, 0.25) is 0 Å². The van der Waals surface area contributed by atoms with Gasteiger partial charge in [0.05, 0.1) is 6.04 Å². The first-order valence-corrected chi connectivity index (χ1v) is 7.83. The Morgan fingerprint density at radius 2 is 1.90 bits per heavy atom. The second kappa shape index (κ2) is 5.10. The lowest BCUT2D eigenvalue weighted by atomic mass is 10.4. The molecule has 1 saturated carbocycles. The highest BCUT2D eigenvalue weighted by Gasteiger charge is 2.28. The van der Waals surface area contributed by atoms with E-state index >= 15 is 0 Å². The van der Waals surface area contributed by atoms with Gasteiger partial charge in [0.2, 0.25) is 22.2 Å². The van der Waals surface area contributed by atoms with Crippen molar-refractivity contribution in [2.75, 3.05) is 23.7 Å². The summed E-state index contributed by atoms with van der Waals surface area (Å²) in [7, 11) is 0. The van der Waals surface area contributed by atoms with Crippen LogP contribution in [0.25, 0.3) is 0 Å². The standard InChI is InChI=1S/C11H15N9S/c12-8-13-9(19-5-1-2-6-19)15-10(14-8)21-11-16-17-18-20(11)7-3-4-7/h7H,1-6H2,(H2,12,13,14,15). The molecule has 10 heteroatoms. The highest BCUT2D eigenvalue weighted by Crippen LogP contribution is 2.37. The van der Waals surface area contributed by atoms with Gasteiger partial charge in [0.1, 0.15) is 0 Å². The Kier molecular flexibility index (Phi) is 3.09. The Morgan fingerprint density at radius 1 is 1.10 bits per heavy atom. The first kappa shape index (κ1) is 12.7. The first-order valence-electron chi connectivity index (χ1n) is 7.02. The lowest BCUT2D eigenvalue weighted by Crippen LogP contribution is -2.21. The SMILES string of the molecule is Nc1nc(Sc2nnnn2C2CC2)nc(N2CCCC2)n1. The van der Waals surface area contributed by atoms with Crippen LogP contribution in [-0.2, 0) is 0 Å². The summed E-state index contributed by atoms with van der Waals surface area (Å²) in [6.07, 6.45) is 4.57. The Morgan fingerprint density at radius 3 is 2.67 bits per heavy atom. The van der Waals surface area contributed by atoms with Crippen molar-refractivity contribution in [1.82, 2.24) is 35.2 Å². The fourth-order valence-corrected chi connectivity index (χ4v) is 3.13. The predicted octanol–water partition coefficient (Wildman–Crippen LogP) is 0.527. The average molecular weight is 305 g/mol. The first-order chi connectivity index (χ1) is 10.3. The Labute approximate surface area is 125 Å². The maximum Gasteiger partial charge on any atom is 0.231 e. The van der Waals surface area contributed by atoms with Crippen LogP contribution in [0.1, 0.15) is 31.7 Å². The number of aromatic nitrogens is 7. The molecule has 110 valence electrons. The molecule has 9 nitrogen and oxygen atoms in total. The largest absolute Gasteiger partial charge is 0.368 e. The summed E-state index contributed by atoms with van der Waals surface area (Å²) < 4.78 is 1.83. The van der Waals surface area contributed by atoms with E-state index in [2.05, 4.69) is 35.4 Å². The van der Waals surface area contributed by atoms with E-state index in [1.807, 2.05) is 4.68 Å². The number of anilines is 2. The molecule has 0 bridgehead atoms. The van der Waals surface area contributed by atoms with Gasteiger partial charge >= 0.3 is 0 Å². The zero-order valence-electron chi connectivity index (χ0n) is 11.4. The Hall–Kier alpha value is -1.97. The minimum absolute atomic E-state index is 0.236. The van der Waals surface area contributed by atoms with Crippen molar-refractivity contribution in [3.63, 3.8) is 0 Å². The van der Waals surface area contributed by atoms with Gasteiger partial charge in [-0.3, -0.25) is 0 Å². The summed E-state index contributed by atoms with van der Waals surface area (Å²) in [4.78, 5) is 15.0. The van der Waals surface area contributed by atoms with Crippen LogP contribution >= 0.6 is 11.8 Å². The van der Waals surface area contributed by atoms with Gasteiger partial charge in [0.25, 0.3) is 0 Å². The quantitative estimate of drug-likeness (QED) is 0.864. The second-order valence-electron chi connectivity index (χ2n) is 5.21. The van der Waals surface area contributed by atoms with E-state index in [9.17, 15) is 0 Å². The Bertz CT molecular complexity index is 647. The number of hydrogen-bond acceptors (Lipinski definition) is 9. The molecule has 0 radical (unpaired) electrons. The highest BCUT2D eigenvalue weighted by molar-refractivity contribution is 7.99. The van der Waals surface area contributed by atoms with E-state index in [1.54, 1.807) is 0 Å². The van der Waals surface area contributed by atoms with E-state index in [0.29, 0.717) is 22.3 Å². The number of tetrazole rings is 1. The van der Waals surface area contributed by atoms with Gasteiger partial charge in [-0.2, -0.15) is 15.0 Å². The lowest BCUT2D eigenvalue weighted by molar-refractivity contribution is 0.565. The van der Waals surface area contributed by atoms with E-state index < -0.39 is 0 Å². The number of nitrogens with two attached hydrogens (primary N) is 1.